The fourth-order valence-electron chi connectivity index (χ4n) is 3.17. The van der Waals surface area contributed by atoms with Crippen molar-refractivity contribution in [1.82, 2.24) is 0 Å². The Balaban J connectivity index is 2.59. The monoisotopic (exact) mass is 302 g/mol. The van der Waals surface area contributed by atoms with Gasteiger partial charge in [0.25, 0.3) is 0 Å². The Morgan fingerprint density at radius 3 is 2.45 bits per heavy atom. The van der Waals surface area contributed by atoms with Gasteiger partial charge in [-0.25, -0.2) is 4.79 Å². The average Bonchev–Trinajstić information content (AvgIpc) is 2.90. The number of hydrogen-bond acceptors (Lipinski definition) is 3. The molecule has 1 heterocycles. The van der Waals surface area contributed by atoms with E-state index in [2.05, 4.69) is 26.8 Å². The van der Waals surface area contributed by atoms with Crippen LogP contribution in [0, 0.1) is 0 Å². The summed E-state index contributed by atoms with van der Waals surface area (Å²) < 4.78 is 11.4. The minimum Gasteiger partial charge on any atom is -0.481 e. The first-order valence-electron chi connectivity index (χ1n) is 8.23. The molecule has 120 valence electrons. The molecular weight excluding hydrogens is 276 g/mol. The molecule has 0 saturated carbocycles. The van der Waals surface area contributed by atoms with E-state index in [9.17, 15) is 4.79 Å². The van der Waals surface area contributed by atoms with Crippen LogP contribution in [0.15, 0.2) is 29.8 Å². The summed E-state index contributed by atoms with van der Waals surface area (Å²) in [5.74, 6) is 0.445. The van der Waals surface area contributed by atoms with E-state index < -0.39 is 0 Å². The van der Waals surface area contributed by atoms with Crippen LogP contribution in [-0.4, -0.2) is 13.1 Å². The summed E-state index contributed by atoms with van der Waals surface area (Å²) in [6.07, 6.45) is 4.43. The van der Waals surface area contributed by atoms with E-state index in [1.165, 1.54) is 12.7 Å². The highest BCUT2D eigenvalue weighted by atomic mass is 16.5. The highest BCUT2D eigenvalue weighted by Gasteiger charge is 2.42. The lowest BCUT2D eigenvalue weighted by Crippen LogP contribution is -2.23. The van der Waals surface area contributed by atoms with Gasteiger partial charge in [-0.15, -0.1) is 0 Å². The second kappa shape index (κ2) is 6.99. The molecule has 22 heavy (non-hydrogen) atoms. The van der Waals surface area contributed by atoms with Gasteiger partial charge in [0, 0.05) is 11.1 Å². The first kappa shape index (κ1) is 16.6. The van der Waals surface area contributed by atoms with Crippen LogP contribution >= 0.6 is 0 Å². The van der Waals surface area contributed by atoms with Crippen molar-refractivity contribution in [3.8, 4) is 0 Å². The van der Waals surface area contributed by atoms with Gasteiger partial charge in [-0.3, -0.25) is 0 Å². The second-order valence-electron chi connectivity index (χ2n) is 5.75. The third-order valence-electron chi connectivity index (χ3n) is 4.59. The second-order valence-corrected chi connectivity index (χ2v) is 5.75. The number of carbonyl (C=O) groups is 1. The number of esters is 1. The van der Waals surface area contributed by atoms with Crippen molar-refractivity contribution in [2.24, 2.45) is 0 Å². The van der Waals surface area contributed by atoms with E-state index in [0.29, 0.717) is 12.0 Å². The molecule has 0 bridgehead atoms. The van der Waals surface area contributed by atoms with Gasteiger partial charge in [-0.1, -0.05) is 51.5 Å². The van der Waals surface area contributed by atoms with Gasteiger partial charge in [0.1, 0.15) is 11.4 Å². The van der Waals surface area contributed by atoms with E-state index in [1.807, 2.05) is 18.2 Å². The van der Waals surface area contributed by atoms with Gasteiger partial charge in [0.2, 0.25) is 0 Å². The van der Waals surface area contributed by atoms with Gasteiger partial charge in [0.15, 0.2) is 0 Å². The lowest BCUT2D eigenvalue weighted by molar-refractivity contribution is -0.136. The van der Waals surface area contributed by atoms with Crippen LogP contribution in [0.5, 0.6) is 0 Å². The van der Waals surface area contributed by atoms with E-state index in [-0.39, 0.29) is 11.6 Å². The standard InChI is InChI=1S/C19H26O3/c1-5-8-11-15(18(20)21-4)17-14-12-9-10-13-16(14)19(6-2,7-3)22-17/h9-10,12-13H,5-8,11H2,1-4H3/b17-15+. The summed E-state index contributed by atoms with van der Waals surface area (Å²) >= 11 is 0. The first-order chi connectivity index (χ1) is 10.6. The Morgan fingerprint density at radius 2 is 1.86 bits per heavy atom. The van der Waals surface area contributed by atoms with Crippen LogP contribution in [0.4, 0.5) is 0 Å². The summed E-state index contributed by atoms with van der Waals surface area (Å²) in [5, 5.41) is 0. The Labute approximate surface area is 133 Å². The Bertz CT molecular complexity index is 568. The van der Waals surface area contributed by atoms with Crippen LogP contribution in [-0.2, 0) is 19.9 Å². The molecule has 0 N–H and O–H groups in total. The third kappa shape index (κ3) is 2.77. The molecule has 0 aromatic heterocycles. The fraction of sp³-hybridized carbons (Fsp3) is 0.526. The van der Waals surface area contributed by atoms with Crippen molar-refractivity contribution in [3.05, 3.63) is 41.0 Å². The van der Waals surface area contributed by atoms with Crippen LogP contribution in [0.25, 0.3) is 5.76 Å². The predicted octanol–water partition coefficient (Wildman–Crippen LogP) is 4.81. The zero-order valence-electron chi connectivity index (χ0n) is 14.1. The normalized spacial score (nSPS) is 17.6. The lowest BCUT2D eigenvalue weighted by Gasteiger charge is -2.27. The summed E-state index contributed by atoms with van der Waals surface area (Å²) in [7, 11) is 1.43. The number of rotatable bonds is 6. The van der Waals surface area contributed by atoms with Crippen LogP contribution in [0.1, 0.15) is 64.0 Å². The molecule has 3 nitrogen and oxygen atoms in total. The maximum atomic E-state index is 12.2. The van der Waals surface area contributed by atoms with E-state index in [4.69, 9.17) is 9.47 Å². The predicted molar refractivity (Wildman–Crippen MR) is 88.2 cm³/mol. The molecule has 0 spiro atoms. The lowest BCUT2D eigenvalue weighted by atomic mass is 9.87. The maximum absolute atomic E-state index is 12.2. The summed E-state index contributed by atoms with van der Waals surface area (Å²) in [5.41, 5.74) is 2.58. The molecule has 2 rings (SSSR count). The number of fused-ring (bicyclic) bond motifs is 1. The zero-order chi connectivity index (χ0) is 16.2. The Kier molecular flexibility index (Phi) is 5.28. The van der Waals surface area contributed by atoms with Crippen molar-refractivity contribution < 1.29 is 14.3 Å². The number of carbonyl (C=O) groups excluding carboxylic acids is 1. The average molecular weight is 302 g/mol. The number of unbranched alkanes of at least 4 members (excludes halogenated alkanes) is 1. The van der Waals surface area contributed by atoms with Crippen LogP contribution < -0.4 is 0 Å². The van der Waals surface area contributed by atoms with Crippen LogP contribution in [0.3, 0.4) is 0 Å². The van der Waals surface area contributed by atoms with E-state index in [1.54, 1.807) is 0 Å². The molecule has 0 unspecified atom stereocenters. The van der Waals surface area contributed by atoms with Gasteiger partial charge in [0.05, 0.1) is 12.7 Å². The van der Waals surface area contributed by atoms with Crippen molar-refractivity contribution in [2.45, 2.75) is 58.5 Å². The zero-order valence-corrected chi connectivity index (χ0v) is 14.1. The van der Waals surface area contributed by atoms with Gasteiger partial charge < -0.3 is 9.47 Å². The first-order valence-corrected chi connectivity index (χ1v) is 8.23. The minimum absolute atomic E-state index is 0.277. The van der Waals surface area contributed by atoms with Gasteiger partial charge in [-0.2, -0.15) is 0 Å². The summed E-state index contributed by atoms with van der Waals surface area (Å²) in [6, 6.07) is 8.20. The largest absolute Gasteiger partial charge is 0.481 e. The van der Waals surface area contributed by atoms with Crippen molar-refractivity contribution in [3.63, 3.8) is 0 Å². The van der Waals surface area contributed by atoms with Gasteiger partial charge in [-0.05, 0) is 25.7 Å². The molecule has 1 aromatic carbocycles. The number of ether oxygens (including phenoxy) is 2. The van der Waals surface area contributed by atoms with Crippen molar-refractivity contribution in [1.29, 1.82) is 0 Å². The maximum Gasteiger partial charge on any atom is 0.337 e. The molecule has 0 saturated heterocycles. The number of hydrogen-bond donors (Lipinski definition) is 0. The van der Waals surface area contributed by atoms with E-state index >= 15 is 0 Å². The fourth-order valence-corrected chi connectivity index (χ4v) is 3.17. The molecule has 0 amide bonds. The molecule has 3 heteroatoms. The highest BCUT2D eigenvalue weighted by molar-refractivity contribution is 5.97. The van der Waals surface area contributed by atoms with Gasteiger partial charge >= 0.3 is 5.97 Å². The molecule has 0 radical (unpaired) electrons. The Morgan fingerprint density at radius 1 is 1.18 bits per heavy atom. The summed E-state index contributed by atoms with van der Waals surface area (Å²) in [6.45, 7) is 6.38. The molecule has 1 aliphatic rings. The summed E-state index contributed by atoms with van der Waals surface area (Å²) in [4.78, 5) is 12.2. The SMILES string of the molecule is CCCC/C(C(=O)OC)=C1\OC(CC)(CC)c2ccccc21. The highest BCUT2D eigenvalue weighted by Crippen LogP contribution is 2.48. The van der Waals surface area contributed by atoms with E-state index in [0.717, 1.165) is 37.0 Å². The number of benzene rings is 1. The van der Waals surface area contributed by atoms with Crippen LogP contribution in [0.2, 0.25) is 0 Å². The molecule has 1 aliphatic heterocycles. The molecular formula is C19H26O3. The molecule has 0 aliphatic carbocycles. The molecule has 1 aromatic rings. The number of methoxy groups -OCH3 is 1. The topological polar surface area (TPSA) is 35.5 Å². The third-order valence-corrected chi connectivity index (χ3v) is 4.59. The van der Waals surface area contributed by atoms with Crippen molar-refractivity contribution in [2.75, 3.05) is 7.11 Å². The minimum atomic E-state index is -0.322. The van der Waals surface area contributed by atoms with Crippen molar-refractivity contribution >= 4 is 11.7 Å². The molecule has 0 fully saturated rings. The molecule has 0 atom stereocenters. The smallest absolute Gasteiger partial charge is 0.337 e. The quantitative estimate of drug-likeness (QED) is 0.559. The Hall–Kier alpha value is -1.77.